The van der Waals surface area contributed by atoms with Crippen molar-refractivity contribution in [3.63, 3.8) is 0 Å². The van der Waals surface area contributed by atoms with Crippen LogP contribution in [0.1, 0.15) is 5.56 Å². The number of carbonyl (C=O) groups excluding carboxylic acids is 1. The molecule has 1 heterocycles. The number of nitrogens with one attached hydrogen (secondary N) is 2. The molecule has 5 heteroatoms. The average Bonchev–Trinajstić information content (AvgIpc) is 3.17. The highest BCUT2D eigenvalue weighted by Gasteiger charge is 2.09. The highest BCUT2D eigenvalue weighted by atomic mass is 16.5. The predicted octanol–water partition coefficient (Wildman–Crippen LogP) is 4.86. The summed E-state index contributed by atoms with van der Waals surface area (Å²) in [5, 5.41) is 11.8. The molecule has 0 unspecified atom stereocenters. The zero-order chi connectivity index (χ0) is 18.5. The second-order valence-electron chi connectivity index (χ2n) is 6.25. The lowest BCUT2D eigenvalue weighted by molar-refractivity contribution is 0.252. The van der Waals surface area contributed by atoms with E-state index >= 15 is 0 Å². The van der Waals surface area contributed by atoms with Crippen LogP contribution in [0.15, 0.2) is 83.4 Å². The van der Waals surface area contributed by atoms with E-state index in [9.17, 15) is 4.79 Å². The number of benzene rings is 3. The Kier molecular flexibility index (Phi) is 4.83. The van der Waals surface area contributed by atoms with Crippen LogP contribution >= 0.6 is 0 Å². The number of aromatic nitrogens is 1. The molecule has 0 radical (unpaired) electrons. The number of carbonyl (C=O) groups is 1. The first-order chi connectivity index (χ1) is 13.3. The Bertz CT molecular complexity index is 1060. The van der Waals surface area contributed by atoms with Crippen molar-refractivity contribution in [2.75, 3.05) is 11.9 Å². The smallest absolute Gasteiger partial charge is 0.320 e. The van der Waals surface area contributed by atoms with Crippen LogP contribution in [0.2, 0.25) is 0 Å². The van der Waals surface area contributed by atoms with Gasteiger partial charge in [0.25, 0.3) is 0 Å². The van der Waals surface area contributed by atoms with Gasteiger partial charge in [-0.2, -0.15) is 0 Å². The van der Waals surface area contributed by atoms with Crippen molar-refractivity contribution in [3.05, 3.63) is 84.4 Å². The summed E-state index contributed by atoms with van der Waals surface area (Å²) in [5.74, 6) is 0.999. The van der Waals surface area contributed by atoms with E-state index in [1.54, 1.807) is 6.07 Å². The molecular formula is C22H19N3O2. The first kappa shape index (κ1) is 16.8. The highest BCUT2D eigenvalue weighted by molar-refractivity contribution is 5.88. The Morgan fingerprint density at radius 3 is 2.52 bits per heavy atom. The quantitative estimate of drug-likeness (QED) is 0.536. The Morgan fingerprint density at radius 2 is 1.67 bits per heavy atom. The molecule has 4 rings (SSSR count). The van der Waals surface area contributed by atoms with E-state index in [1.807, 2.05) is 42.5 Å². The number of fused-ring (bicyclic) bond motifs is 1. The van der Waals surface area contributed by atoms with Gasteiger partial charge >= 0.3 is 6.03 Å². The minimum absolute atomic E-state index is 0.302. The summed E-state index contributed by atoms with van der Waals surface area (Å²) >= 11 is 0. The molecule has 2 amide bonds. The van der Waals surface area contributed by atoms with Crippen molar-refractivity contribution >= 4 is 22.6 Å². The minimum atomic E-state index is -0.302. The third-order valence-corrected chi connectivity index (χ3v) is 4.32. The van der Waals surface area contributed by atoms with Gasteiger partial charge in [-0.25, -0.2) is 4.79 Å². The molecule has 1 aromatic heterocycles. The first-order valence-corrected chi connectivity index (χ1v) is 8.82. The number of rotatable bonds is 5. The maximum atomic E-state index is 12.1. The van der Waals surface area contributed by atoms with E-state index in [4.69, 9.17) is 4.52 Å². The topological polar surface area (TPSA) is 67.2 Å². The van der Waals surface area contributed by atoms with Gasteiger partial charge in [0.2, 0.25) is 0 Å². The first-order valence-electron chi connectivity index (χ1n) is 8.82. The number of urea groups is 1. The van der Waals surface area contributed by atoms with E-state index < -0.39 is 0 Å². The van der Waals surface area contributed by atoms with Gasteiger partial charge in [-0.1, -0.05) is 78.0 Å². The standard InChI is InChI=1S/C22H19N3O2/c26-22(24-21-15-20(27-25-21)18-7-2-1-3-8-18)23-13-12-16-10-11-17-6-4-5-9-19(17)14-16/h1-11,14-15H,12-13H2,(H2,23,24,25,26). The second kappa shape index (κ2) is 7.74. The molecule has 0 bridgehead atoms. The molecule has 0 atom stereocenters. The van der Waals surface area contributed by atoms with Crippen LogP contribution in [0.3, 0.4) is 0 Å². The molecule has 3 aromatic carbocycles. The molecule has 0 aliphatic rings. The van der Waals surface area contributed by atoms with Gasteiger partial charge in [0.1, 0.15) is 0 Å². The van der Waals surface area contributed by atoms with Crippen LogP contribution in [-0.4, -0.2) is 17.7 Å². The largest absolute Gasteiger partial charge is 0.354 e. The highest BCUT2D eigenvalue weighted by Crippen LogP contribution is 2.21. The lowest BCUT2D eigenvalue weighted by Crippen LogP contribution is -2.30. The van der Waals surface area contributed by atoms with Crippen molar-refractivity contribution < 1.29 is 9.32 Å². The van der Waals surface area contributed by atoms with E-state index in [0.29, 0.717) is 18.1 Å². The summed E-state index contributed by atoms with van der Waals surface area (Å²) in [5.41, 5.74) is 2.09. The number of hydrogen-bond acceptors (Lipinski definition) is 3. The number of nitrogens with zero attached hydrogens (tertiary/aromatic N) is 1. The monoisotopic (exact) mass is 357 g/mol. The molecule has 2 N–H and O–H groups in total. The van der Waals surface area contributed by atoms with Crippen LogP contribution in [0.5, 0.6) is 0 Å². The maximum Gasteiger partial charge on any atom is 0.320 e. The van der Waals surface area contributed by atoms with E-state index in [-0.39, 0.29) is 6.03 Å². The molecule has 0 aliphatic heterocycles. The van der Waals surface area contributed by atoms with Crippen molar-refractivity contribution in [1.29, 1.82) is 0 Å². The molecular weight excluding hydrogens is 338 g/mol. The van der Waals surface area contributed by atoms with Crippen LogP contribution in [0.25, 0.3) is 22.1 Å². The second-order valence-corrected chi connectivity index (χ2v) is 6.25. The van der Waals surface area contributed by atoms with Crippen molar-refractivity contribution in [2.24, 2.45) is 0 Å². The summed E-state index contributed by atoms with van der Waals surface area (Å²) in [6.07, 6.45) is 0.756. The van der Waals surface area contributed by atoms with Crippen LogP contribution in [0.4, 0.5) is 10.6 Å². The van der Waals surface area contributed by atoms with Crippen LogP contribution < -0.4 is 10.6 Å². The van der Waals surface area contributed by atoms with Crippen LogP contribution in [-0.2, 0) is 6.42 Å². The zero-order valence-electron chi connectivity index (χ0n) is 14.7. The molecule has 0 saturated heterocycles. The number of anilines is 1. The Labute approximate surface area is 157 Å². The Hall–Kier alpha value is -3.60. The minimum Gasteiger partial charge on any atom is -0.354 e. The number of amides is 2. The fourth-order valence-corrected chi connectivity index (χ4v) is 2.95. The average molecular weight is 357 g/mol. The molecule has 5 nitrogen and oxygen atoms in total. The normalized spacial score (nSPS) is 10.7. The molecule has 0 fully saturated rings. The van der Waals surface area contributed by atoms with Gasteiger partial charge in [-0.15, -0.1) is 0 Å². The molecule has 0 spiro atoms. The summed E-state index contributed by atoms with van der Waals surface area (Å²) in [6, 6.07) is 25.6. The fourth-order valence-electron chi connectivity index (χ4n) is 2.95. The lowest BCUT2D eigenvalue weighted by Gasteiger charge is -2.06. The summed E-state index contributed by atoms with van der Waals surface area (Å²) in [4.78, 5) is 12.1. The van der Waals surface area contributed by atoms with Crippen LogP contribution in [0, 0.1) is 0 Å². The van der Waals surface area contributed by atoms with E-state index in [2.05, 4.69) is 46.1 Å². The Morgan fingerprint density at radius 1 is 0.889 bits per heavy atom. The van der Waals surface area contributed by atoms with Gasteiger partial charge in [0, 0.05) is 18.2 Å². The van der Waals surface area contributed by atoms with Crippen molar-refractivity contribution in [2.45, 2.75) is 6.42 Å². The van der Waals surface area contributed by atoms with Gasteiger partial charge < -0.3 is 9.84 Å². The summed E-state index contributed by atoms with van der Waals surface area (Å²) in [7, 11) is 0. The third-order valence-electron chi connectivity index (χ3n) is 4.32. The fraction of sp³-hybridized carbons (Fsp3) is 0.0909. The maximum absolute atomic E-state index is 12.1. The van der Waals surface area contributed by atoms with Gasteiger partial charge in [-0.05, 0) is 22.8 Å². The van der Waals surface area contributed by atoms with Crippen molar-refractivity contribution in [3.8, 4) is 11.3 Å². The lowest BCUT2D eigenvalue weighted by atomic mass is 10.1. The molecule has 4 aromatic rings. The molecule has 0 aliphatic carbocycles. The summed E-state index contributed by atoms with van der Waals surface area (Å²) in [6.45, 7) is 0.535. The van der Waals surface area contributed by atoms with E-state index in [1.165, 1.54) is 16.3 Å². The molecule has 27 heavy (non-hydrogen) atoms. The summed E-state index contributed by atoms with van der Waals surface area (Å²) < 4.78 is 5.27. The zero-order valence-corrected chi connectivity index (χ0v) is 14.7. The molecule has 0 saturated carbocycles. The Balaban J connectivity index is 1.30. The third kappa shape index (κ3) is 4.15. The molecule has 134 valence electrons. The number of hydrogen-bond donors (Lipinski definition) is 2. The SMILES string of the molecule is O=C(NCCc1ccc2ccccc2c1)Nc1cc(-c2ccccc2)on1. The predicted molar refractivity (Wildman–Crippen MR) is 107 cm³/mol. The van der Waals surface area contributed by atoms with Gasteiger partial charge in [0.05, 0.1) is 0 Å². The van der Waals surface area contributed by atoms with Gasteiger partial charge in [-0.3, -0.25) is 5.32 Å². The van der Waals surface area contributed by atoms with Crippen molar-refractivity contribution in [1.82, 2.24) is 10.5 Å². The van der Waals surface area contributed by atoms with Gasteiger partial charge in [0.15, 0.2) is 11.6 Å². The van der Waals surface area contributed by atoms with E-state index in [0.717, 1.165) is 12.0 Å².